The fraction of sp³-hybridized carbons (Fsp3) is 0.167. The molecule has 0 atom stereocenters. The third kappa shape index (κ3) is 4.44. The Balaban J connectivity index is 1.56. The number of hydrogen-bond acceptors (Lipinski definition) is 6. The molecule has 0 unspecified atom stereocenters. The number of para-hydroxylation sites is 1. The monoisotopic (exact) mass is 431 g/mol. The molecule has 0 amide bonds. The lowest BCUT2D eigenvalue weighted by Crippen LogP contribution is -2.24. The SMILES string of the molecule is COc1ccc(-c2nc3ccccc3c(=O)n2CCCOc2ccc([N+](=O)[O-])cc2)cc1. The molecule has 0 saturated heterocycles. The molecule has 0 spiro atoms. The summed E-state index contributed by atoms with van der Waals surface area (Å²) in [6.07, 6.45) is 0.556. The zero-order valence-electron chi connectivity index (χ0n) is 17.4. The molecule has 1 aromatic heterocycles. The Labute approximate surface area is 183 Å². The normalized spacial score (nSPS) is 10.8. The Morgan fingerprint density at radius 3 is 2.34 bits per heavy atom. The lowest BCUT2D eigenvalue weighted by Gasteiger charge is -2.14. The molecule has 4 rings (SSSR count). The van der Waals surface area contributed by atoms with Crippen LogP contribution in [-0.2, 0) is 6.54 Å². The highest BCUT2D eigenvalue weighted by Gasteiger charge is 2.13. The van der Waals surface area contributed by atoms with E-state index >= 15 is 0 Å². The van der Waals surface area contributed by atoms with Crippen LogP contribution in [0.4, 0.5) is 5.69 Å². The quantitative estimate of drug-likeness (QED) is 0.232. The maximum Gasteiger partial charge on any atom is 0.269 e. The van der Waals surface area contributed by atoms with Gasteiger partial charge in [0.1, 0.15) is 17.3 Å². The number of rotatable bonds is 8. The molecule has 0 fully saturated rings. The lowest BCUT2D eigenvalue weighted by molar-refractivity contribution is -0.384. The van der Waals surface area contributed by atoms with Crippen LogP contribution in [-0.4, -0.2) is 28.2 Å². The topological polar surface area (TPSA) is 96.5 Å². The van der Waals surface area contributed by atoms with E-state index in [9.17, 15) is 14.9 Å². The van der Waals surface area contributed by atoms with E-state index in [1.807, 2.05) is 42.5 Å². The molecule has 0 N–H and O–H groups in total. The maximum absolute atomic E-state index is 13.2. The van der Waals surface area contributed by atoms with Crippen LogP contribution < -0.4 is 15.0 Å². The van der Waals surface area contributed by atoms with Gasteiger partial charge in [-0.3, -0.25) is 19.5 Å². The summed E-state index contributed by atoms with van der Waals surface area (Å²) in [5, 5.41) is 11.3. The van der Waals surface area contributed by atoms with Crippen LogP contribution in [0.2, 0.25) is 0 Å². The van der Waals surface area contributed by atoms with Crippen molar-refractivity contribution in [3.8, 4) is 22.9 Å². The fourth-order valence-electron chi connectivity index (χ4n) is 3.41. The molecule has 32 heavy (non-hydrogen) atoms. The Bertz CT molecular complexity index is 1300. The summed E-state index contributed by atoms with van der Waals surface area (Å²) in [5.41, 5.74) is 1.35. The summed E-state index contributed by atoms with van der Waals surface area (Å²) in [4.78, 5) is 28.3. The number of fused-ring (bicyclic) bond motifs is 1. The van der Waals surface area contributed by atoms with Crippen molar-refractivity contribution < 1.29 is 14.4 Å². The van der Waals surface area contributed by atoms with Crippen LogP contribution >= 0.6 is 0 Å². The van der Waals surface area contributed by atoms with E-state index in [2.05, 4.69) is 0 Å². The number of methoxy groups -OCH3 is 1. The van der Waals surface area contributed by atoms with Crippen molar-refractivity contribution >= 4 is 16.6 Å². The highest BCUT2D eigenvalue weighted by molar-refractivity contribution is 5.79. The van der Waals surface area contributed by atoms with Crippen molar-refractivity contribution in [1.82, 2.24) is 9.55 Å². The largest absolute Gasteiger partial charge is 0.497 e. The van der Waals surface area contributed by atoms with Crippen LogP contribution in [0.1, 0.15) is 6.42 Å². The third-order valence-electron chi connectivity index (χ3n) is 5.05. The standard InChI is InChI=1S/C24H21N3O5/c1-31-19-11-7-17(8-12-19)23-25-22-6-3-2-5-21(22)24(28)26(23)15-4-16-32-20-13-9-18(10-14-20)27(29)30/h2-3,5-14H,4,15-16H2,1H3. The number of nitro groups is 1. The Hall–Kier alpha value is -4.20. The van der Waals surface area contributed by atoms with Gasteiger partial charge in [-0.1, -0.05) is 12.1 Å². The van der Waals surface area contributed by atoms with Crippen molar-refractivity contribution in [3.63, 3.8) is 0 Å². The van der Waals surface area contributed by atoms with Gasteiger partial charge >= 0.3 is 0 Å². The minimum absolute atomic E-state index is 0.00951. The van der Waals surface area contributed by atoms with E-state index in [-0.39, 0.29) is 11.2 Å². The predicted octanol–water partition coefficient (Wildman–Crippen LogP) is 4.45. The number of aromatic nitrogens is 2. The first-order chi connectivity index (χ1) is 15.6. The zero-order chi connectivity index (χ0) is 22.5. The molecule has 8 nitrogen and oxygen atoms in total. The first-order valence-corrected chi connectivity index (χ1v) is 10.1. The number of nitro benzene ring substituents is 1. The smallest absolute Gasteiger partial charge is 0.269 e. The number of ether oxygens (including phenoxy) is 2. The first-order valence-electron chi connectivity index (χ1n) is 10.1. The van der Waals surface area contributed by atoms with E-state index in [0.29, 0.717) is 42.0 Å². The van der Waals surface area contributed by atoms with Crippen LogP contribution in [0.5, 0.6) is 11.5 Å². The van der Waals surface area contributed by atoms with Crippen LogP contribution in [0, 0.1) is 10.1 Å². The van der Waals surface area contributed by atoms with Gasteiger partial charge in [0.05, 0.1) is 29.5 Å². The minimum Gasteiger partial charge on any atom is -0.497 e. The molecule has 0 saturated carbocycles. The molecule has 0 aliphatic carbocycles. The van der Waals surface area contributed by atoms with Crippen LogP contribution in [0.25, 0.3) is 22.3 Å². The minimum atomic E-state index is -0.455. The summed E-state index contributed by atoms with van der Waals surface area (Å²) in [6, 6.07) is 20.6. The van der Waals surface area contributed by atoms with Gasteiger partial charge in [-0.15, -0.1) is 0 Å². The van der Waals surface area contributed by atoms with E-state index in [4.69, 9.17) is 14.5 Å². The van der Waals surface area contributed by atoms with Crippen molar-refractivity contribution in [2.24, 2.45) is 0 Å². The van der Waals surface area contributed by atoms with Gasteiger partial charge in [-0.25, -0.2) is 4.98 Å². The van der Waals surface area contributed by atoms with Gasteiger partial charge in [0.2, 0.25) is 0 Å². The van der Waals surface area contributed by atoms with E-state index < -0.39 is 4.92 Å². The van der Waals surface area contributed by atoms with Crippen molar-refractivity contribution in [2.45, 2.75) is 13.0 Å². The number of benzene rings is 3. The van der Waals surface area contributed by atoms with Gasteiger partial charge in [-0.2, -0.15) is 0 Å². The molecule has 3 aromatic carbocycles. The van der Waals surface area contributed by atoms with Crippen molar-refractivity contribution in [2.75, 3.05) is 13.7 Å². The fourth-order valence-corrected chi connectivity index (χ4v) is 3.41. The average molecular weight is 431 g/mol. The second-order valence-electron chi connectivity index (χ2n) is 7.09. The molecule has 0 radical (unpaired) electrons. The zero-order valence-corrected chi connectivity index (χ0v) is 17.4. The van der Waals surface area contributed by atoms with Gasteiger partial charge in [-0.05, 0) is 55.0 Å². The van der Waals surface area contributed by atoms with Crippen molar-refractivity contribution in [3.05, 3.63) is 93.3 Å². The predicted molar refractivity (Wildman–Crippen MR) is 121 cm³/mol. The Kier molecular flexibility index (Phi) is 6.12. The van der Waals surface area contributed by atoms with Crippen molar-refractivity contribution in [1.29, 1.82) is 0 Å². The highest BCUT2D eigenvalue weighted by atomic mass is 16.6. The number of hydrogen-bond donors (Lipinski definition) is 0. The van der Waals surface area contributed by atoms with Crippen LogP contribution in [0.15, 0.2) is 77.6 Å². The molecule has 1 heterocycles. The molecule has 0 aliphatic rings. The number of nitrogens with zero attached hydrogens (tertiary/aromatic N) is 3. The molecule has 162 valence electrons. The molecule has 8 heteroatoms. The molecule has 0 aliphatic heterocycles. The summed E-state index contributed by atoms with van der Waals surface area (Å²) in [6.45, 7) is 0.754. The second-order valence-corrected chi connectivity index (χ2v) is 7.09. The summed E-state index contributed by atoms with van der Waals surface area (Å²) in [5.74, 6) is 1.83. The number of non-ortho nitro benzene ring substituents is 1. The first kappa shape index (κ1) is 21.0. The molecule has 4 aromatic rings. The molecule has 0 bridgehead atoms. The summed E-state index contributed by atoms with van der Waals surface area (Å²) >= 11 is 0. The van der Waals surface area contributed by atoms with Gasteiger partial charge in [0.15, 0.2) is 0 Å². The maximum atomic E-state index is 13.2. The average Bonchev–Trinajstić information content (AvgIpc) is 2.83. The van der Waals surface area contributed by atoms with Gasteiger partial charge < -0.3 is 9.47 Å². The van der Waals surface area contributed by atoms with E-state index in [1.165, 1.54) is 12.1 Å². The van der Waals surface area contributed by atoms with Crippen LogP contribution in [0.3, 0.4) is 0 Å². The highest BCUT2D eigenvalue weighted by Crippen LogP contribution is 2.22. The lowest BCUT2D eigenvalue weighted by atomic mass is 10.1. The summed E-state index contributed by atoms with van der Waals surface area (Å²) < 4.78 is 12.6. The third-order valence-corrected chi connectivity index (χ3v) is 5.05. The molecular weight excluding hydrogens is 410 g/mol. The van der Waals surface area contributed by atoms with E-state index in [0.717, 1.165) is 11.3 Å². The van der Waals surface area contributed by atoms with E-state index in [1.54, 1.807) is 29.9 Å². The second kappa shape index (κ2) is 9.30. The van der Waals surface area contributed by atoms with Gasteiger partial charge in [0.25, 0.3) is 11.2 Å². The van der Waals surface area contributed by atoms with Gasteiger partial charge in [0, 0.05) is 24.2 Å². The Morgan fingerprint density at radius 1 is 0.969 bits per heavy atom. The summed E-state index contributed by atoms with van der Waals surface area (Å²) in [7, 11) is 1.60. The Morgan fingerprint density at radius 2 is 1.66 bits per heavy atom. The molecular formula is C24H21N3O5.